The highest BCUT2D eigenvalue weighted by Gasteiger charge is 2.16. The highest BCUT2D eigenvalue weighted by atomic mass is 16.4. The maximum absolute atomic E-state index is 10.6. The molecule has 0 fully saturated rings. The summed E-state index contributed by atoms with van der Waals surface area (Å²) < 4.78 is 0. The standard InChI is InChI=1S/C13H18N2O2/c1-9-10(3-4-13(16)17)7-11-8-15(2)6-5-12(11)14-9/h7H,3-6,8H2,1-2H3,(H,16,17). The summed E-state index contributed by atoms with van der Waals surface area (Å²) >= 11 is 0. The van der Waals surface area contributed by atoms with Gasteiger partial charge in [0.15, 0.2) is 0 Å². The first kappa shape index (κ1) is 12.0. The summed E-state index contributed by atoms with van der Waals surface area (Å²) in [4.78, 5) is 17.5. The van der Waals surface area contributed by atoms with E-state index in [0.29, 0.717) is 6.42 Å². The van der Waals surface area contributed by atoms with Crippen molar-refractivity contribution in [3.05, 3.63) is 28.6 Å². The van der Waals surface area contributed by atoms with E-state index in [9.17, 15) is 4.79 Å². The smallest absolute Gasteiger partial charge is 0.303 e. The van der Waals surface area contributed by atoms with Crippen LogP contribution >= 0.6 is 0 Å². The van der Waals surface area contributed by atoms with Crippen molar-refractivity contribution in [2.24, 2.45) is 0 Å². The van der Waals surface area contributed by atoms with Crippen LogP contribution in [0.25, 0.3) is 0 Å². The molecular weight excluding hydrogens is 216 g/mol. The van der Waals surface area contributed by atoms with Gasteiger partial charge in [-0.3, -0.25) is 9.78 Å². The van der Waals surface area contributed by atoms with E-state index in [0.717, 1.165) is 30.8 Å². The van der Waals surface area contributed by atoms with E-state index in [4.69, 9.17) is 5.11 Å². The Morgan fingerprint density at radius 3 is 3.06 bits per heavy atom. The topological polar surface area (TPSA) is 53.4 Å². The third-order valence-electron chi connectivity index (χ3n) is 3.27. The van der Waals surface area contributed by atoms with Crippen molar-refractivity contribution in [1.82, 2.24) is 9.88 Å². The SMILES string of the molecule is Cc1nc2c(cc1CCC(=O)O)CN(C)CC2. The molecule has 0 unspecified atom stereocenters. The second kappa shape index (κ2) is 4.84. The van der Waals surface area contributed by atoms with Crippen LogP contribution in [0.4, 0.5) is 0 Å². The van der Waals surface area contributed by atoms with Crippen LogP contribution in [-0.4, -0.2) is 34.6 Å². The number of carboxylic acid groups (broad SMARTS) is 1. The van der Waals surface area contributed by atoms with Crippen molar-refractivity contribution in [2.75, 3.05) is 13.6 Å². The molecule has 0 aliphatic carbocycles. The zero-order valence-electron chi connectivity index (χ0n) is 10.4. The molecule has 1 aromatic heterocycles. The van der Waals surface area contributed by atoms with Crippen LogP contribution in [0, 0.1) is 6.92 Å². The van der Waals surface area contributed by atoms with Crippen LogP contribution in [0.15, 0.2) is 6.07 Å². The average molecular weight is 234 g/mol. The Kier molecular flexibility index (Phi) is 3.43. The number of aromatic nitrogens is 1. The Morgan fingerprint density at radius 2 is 2.35 bits per heavy atom. The van der Waals surface area contributed by atoms with E-state index in [1.54, 1.807) is 0 Å². The number of nitrogens with zero attached hydrogens (tertiary/aromatic N) is 2. The van der Waals surface area contributed by atoms with E-state index >= 15 is 0 Å². The molecule has 4 heteroatoms. The third kappa shape index (κ3) is 2.82. The lowest BCUT2D eigenvalue weighted by Crippen LogP contribution is -2.27. The van der Waals surface area contributed by atoms with E-state index in [1.165, 1.54) is 11.3 Å². The summed E-state index contributed by atoms with van der Waals surface area (Å²) in [7, 11) is 2.10. The quantitative estimate of drug-likeness (QED) is 0.858. The Balaban J connectivity index is 2.22. The normalized spacial score (nSPS) is 15.6. The Hall–Kier alpha value is -1.42. The zero-order chi connectivity index (χ0) is 12.4. The predicted molar refractivity (Wildman–Crippen MR) is 65.0 cm³/mol. The molecule has 2 rings (SSSR count). The highest BCUT2D eigenvalue weighted by Crippen LogP contribution is 2.20. The van der Waals surface area contributed by atoms with E-state index in [2.05, 4.69) is 23.0 Å². The molecular formula is C13H18N2O2. The van der Waals surface area contributed by atoms with Crippen LogP contribution < -0.4 is 0 Å². The number of carbonyl (C=O) groups is 1. The van der Waals surface area contributed by atoms with Gasteiger partial charge >= 0.3 is 5.97 Å². The number of fused-ring (bicyclic) bond motifs is 1. The monoisotopic (exact) mass is 234 g/mol. The second-order valence-electron chi connectivity index (χ2n) is 4.72. The molecule has 0 saturated carbocycles. The minimum Gasteiger partial charge on any atom is -0.481 e. The molecule has 0 saturated heterocycles. The highest BCUT2D eigenvalue weighted by molar-refractivity contribution is 5.67. The lowest BCUT2D eigenvalue weighted by atomic mass is 10.00. The Morgan fingerprint density at radius 1 is 1.59 bits per heavy atom. The predicted octanol–water partition coefficient (Wildman–Crippen LogP) is 1.40. The zero-order valence-corrected chi connectivity index (χ0v) is 10.4. The first-order valence-corrected chi connectivity index (χ1v) is 5.95. The van der Waals surface area contributed by atoms with Crippen LogP contribution in [0.1, 0.15) is 28.9 Å². The largest absolute Gasteiger partial charge is 0.481 e. The van der Waals surface area contributed by atoms with Crippen LogP contribution in [0.3, 0.4) is 0 Å². The Bertz CT molecular complexity index is 443. The van der Waals surface area contributed by atoms with Crippen molar-refractivity contribution in [1.29, 1.82) is 0 Å². The first-order valence-electron chi connectivity index (χ1n) is 5.95. The van der Waals surface area contributed by atoms with Crippen molar-refractivity contribution >= 4 is 5.97 Å². The van der Waals surface area contributed by atoms with Gasteiger partial charge in [0, 0.05) is 37.3 Å². The van der Waals surface area contributed by atoms with Gasteiger partial charge in [0.05, 0.1) is 0 Å². The molecule has 92 valence electrons. The van der Waals surface area contributed by atoms with E-state index in [-0.39, 0.29) is 6.42 Å². The molecule has 2 heterocycles. The van der Waals surface area contributed by atoms with Gasteiger partial charge < -0.3 is 10.0 Å². The molecule has 0 amide bonds. The molecule has 17 heavy (non-hydrogen) atoms. The summed E-state index contributed by atoms with van der Waals surface area (Å²) in [6, 6.07) is 2.14. The molecule has 0 spiro atoms. The Labute approximate surface area is 101 Å². The minimum atomic E-state index is -0.751. The molecule has 1 N–H and O–H groups in total. The fourth-order valence-corrected chi connectivity index (χ4v) is 2.26. The number of hydrogen-bond donors (Lipinski definition) is 1. The fourth-order valence-electron chi connectivity index (χ4n) is 2.26. The fraction of sp³-hybridized carbons (Fsp3) is 0.538. The lowest BCUT2D eigenvalue weighted by Gasteiger charge is -2.25. The molecule has 0 aromatic carbocycles. The van der Waals surface area contributed by atoms with Gasteiger partial charge in [-0.1, -0.05) is 6.07 Å². The van der Waals surface area contributed by atoms with Crippen molar-refractivity contribution < 1.29 is 9.90 Å². The van der Waals surface area contributed by atoms with E-state index in [1.807, 2.05) is 6.92 Å². The van der Waals surface area contributed by atoms with Gasteiger partial charge in [0.2, 0.25) is 0 Å². The summed E-state index contributed by atoms with van der Waals surface area (Å²) in [6.45, 7) is 3.94. The minimum absolute atomic E-state index is 0.178. The molecule has 0 atom stereocenters. The summed E-state index contributed by atoms with van der Waals surface area (Å²) in [5.41, 5.74) is 4.49. The summed E-state index contributed by atoms with van der Waals surface area (Å²) in [6.07, 6.45) is 1.74. The van der Waals surface area contributed by atoms with E-state index < -0.39 is 5.97 Å². The molecule has 4 nitrogen and oxygen atoms in total. The van der Waals surface area contributed by atoms with Gasteiger partial charge in [-0.25, -0.2) is 0 Å². The number of aliphatic carboxylic acids is 1. The summed E-state index contributed by atoms with van der Waals surface area (Å²) in [5.74, 6) is -0.751. The van der Waals surface area contributed by atoms with Gasteiger partial charge in [0.1, 0.15) is 0 Å². The van der Waals surface area contributed by atoms with Crippen molar-refractivity contribution in [3.63, 3.8) is 0 Å². The molecule has 1 aliphatic heterocycles. The number of hydrogen-bond acceptors (Lipinski definition) is 3. The number of pyridine rings is 1. The number of aryl methyl sites for hydroxylation is 2. The van der Waals surface area contributed by atoms with Crippen LogP contribution in [-0.2, 0) is 24.2 Å². The average Bonchev–Trinajstić information content (AvgIpc) is 2.26. The van der Waals surface area contributed by atoms with Crippen LogP contribution in [0.2, 0.25) is 0 Å². The first-order chi connectivity index (χ1) is 8.06. The maximum Gasteiger partial charge on any atom is 0.303 e. The molecule has 0 radical (unpaired) electrons. The second-order valence-corrected chi connectivity index (χ2v) is 4.72. The third-order valence-corrected chi connectivity index (χ3v) is 3.27. The van der Waals surface area contributed by atoms with Gasteiger partial charge in [-0.05, 0) is 31.5 Å². The number of rotatable bonds is 3. The van der Waals surface area contributed by atoms with Gasteiger partial charge in [-0.15, -0.1) is 0 Å². The number of likely N-dealkylation sites (N-methyl/N-ethyl adjacent to an activating group) is 1. The van der Waals surface area contributed by atoms with Crippen molar-refractivity contribution in [2.45, 2.75) is 32.7 Å². The number of carboxylic acids is 1. The van der Waals surface area contributed by atoms with Crippen molar-refractivity contribution in [3.8, 4) is 0 Å². The van der Waals surface area contributed by atoms with Gasteiger partial charge in [0.25, 0.3) is 0 Å². The lowest BCUT2D eigenvalue weighted by molar-refractivity contribution is -0.136. The summed E-state index contributed by atoms with van der Waals surface area (Å²) in [5, 5.41) is 8.72. The molecule has 1 aromatic rings. The maximum atomic E-state index is 10.6. The van der Waals surface area contributed by atoms with Crippen LogP contribution in [0.5, 0.6) is 0 Å². The molecule has 1 aliphatic rings. The van der Waals surface area contributed by atoms with Gasteiger partial charge in [-0.2, -0.15) is 0 Å². The molecule has 0 bridgehead atoms.